The molecular formula is C18H22N2O. The van der Waals surface area contributed by atoms with E-state index >= 15 is 0 Å². The zero-order valence-corrected chi connectivity index (χ0v) is 13.1. The molecule has 1 N–H and O–H groups in total. The van der Waals surface area contributed by atoms with Gasteiger partial charge in [0.1, 0.15) is 0 Å². The van der Waals surface area contributed by atoms with Gasteiger partial charge in [-0.1, -0.05) is 63.2 Å². The minimum atomic E-state index is -0.0880. The standard InChI is InChI=1S/C18H22N2O/c1-13(18(2,3)4)19-20-17(21)12-15-10-7-9-14-8-5-6-11-16(14)15/h5-11H,12H2,1-4H3,(H,20,21)/b19-13+. The summed E-state index contributed by atoms with van der Waals surface area (Å²) in [5.74, 6) is -0.0880. The molecule has 2 aromatic carbocycles. The normalized spacial score (nSPS) is 12.5. The first-order valence-corrected chi connectivity index (χ1v) is 7.18. The summed E-state index contributed by atoms with van der Waals surface area (Å²) >= 11 is 0. The molecule has 21 heavy (non-hydrogen) atoms. The summed E-state index contributed by atoms with van der Waals surface area (Å²) in [5.41, 5.74) is 4.55. The van der Waals surface area contributed by atoms with Crippen molar-refractivity contribution in [3.8, 4) is 0 Å². The van der Waals surface area contributed by atoms with Crippen LogP contribution in [-0.2, 0) is 11.2 Å². The molecule has 0 heterocycles. The van der Waals surface area contributed by atoms with Gasteiger partial charge in [0.15, 0.2) is 0 Å². The molecule has 0 saturated heterocycles. The quantitative estimate of drug-likeness (QED) is 0.673. The van der Waals surface area contributed by atoms with E-state index in [-0.39, 0.29) is 11.3 Å². The van der Waals surface area contributed by atoms with Crippen molar-refractivity contribution in [1.29, 1.82) is 0 Å². The zero-order valence-electron chi connectivity index (χ0n) is 13.1. The predicted molar refractivity (Wildman–Crippen MR) is 88.4 cm³/mol. The Labute approximate surface area is 126 Å². The Morgan fingerprint density at radius 2 is 1.76 bits per heavy atom. The maximum atomic E-state index is 12.1. The Bertz CT molecular complexity index is 676. The van der Waals surface area contributed by atoms with Gasteiger partial charge < -0.3 is 0 Å². The van der Waals surface area contributed by atoms with E-state index in [2.05, 4.69) is 43.4 Å². The van der Waals surface area contributed by atoms with Crippen molar-refractivity contribution in [2.24, 2.45) is 10.5 Å². The fourth-order valence-electron chi connectivity index (χ4n) is 1.97. The molecule has 0 atom stereocenters. The summed E-state index contributed by atoms with van der Waals surface area (Å²) in [6.07, 6.45) is 0.336. The molecule has 0 saturated carbocycles. The first kappa shape index (κ1) is 15.2. The number of fused-ring (bicyclic) bond motifs is 1. The lowest BCUT2D eigenvalue weighted by Crippen LogP contribution is -2.25. The second kappa shape index (κ2) is 6.08. The largest absolute Gasteiger partial charge is 0.273 e. The molecule has 2 rings (SSSR count). The summed E-state index contributed by atoms with van der Waals surface area (Å²) in [5, 5.41) is 6.46. The van der Waals surface area contributed by atoms with Gasteiger partial charge in [-0.3, -0.25) is 4.79 Å². The maximum Gasteiger partial charge on any atom is 0.244 e. The average Bonchev–Trinajstić information content (AvgIpc) is 2.44. The number of hydrazone groups is 1. The predicted octanol–water partition coefficient (Wildman–Crippen LogP) is 3.92. The molecule has 0 aromatic heterocycles. The maximum absolute atomic E-state index is 12.1. The lowest BCUT2D eigenvalue weighted by Gasteiger charge is -2.17. The number of hydrogen-bond acceptors (Lipinski definition) is 2. The molecule has 0 spiro atoms. The molecule has 110 valence electrons. The highest BCUT2D eigenvalue weighted by molar-refractivity contribution is 5.91. The van der Waals surface area contributed by atoms with Crippen molar-refractivity contribution in [3.63, 3.8) is 0 Å². The summed E-state index contributed by atoms with van der Waals surface area (Å²) in [7, 11) is 0. The molecule has 0 bridgehead atoms. The summed E-state index contributed by atoms with van der Waals surface area (Å²) < 4.78 is 0. The SMILES string of the molecule is C/C(=N\NC(=O)Cc1cccc2ccccc12)C(C)(C)C. The van der Waals surface area contributed by atoms with Crippen LogP contribution in [0.1, 0.15) is 33.3 Å². The highest BCUT2D eigenvalue weighted by Crippen LogP contribution is 2.19. The van der Waals surface area contributed by atoms with Crippen LogP contribution < -0.4 is 5.43 Å². The van der Waals surface area contributed by atoms with Gasteiger partial charge in [-0.05, 0) is 23.3 Å². The fraction of sp³-hybridized carbons (Fsp3) is 0.333. The number of nitrogens with zero attached hydrogens (tertiary/aromatic N) is 1. The number of amides is 1. The van der Waals surface area contributed by atoms with Gasteiger partial charge in [-0.25, -0.2) is 5.43 Å². The van der Waals surface area contributed by atoms with Crippen molar-refractivity contribution in [2.45, 2.75) is 34.1 Å². The van der Waals surface area contributed by atoms with Gasteiger partial charge in [0.25, 0.3) is 0 Å². The van der Waals surface area contributed by atoms with Crippen LogP contribution >= 0.6 is 0 Å². The van der Waals surface area contributed by atoms with Crippen molar-refractivity contribution >= 4 is 22.4 Å². The zero-order chi connectivity index (χ0) is 15.5. The third-order valence-corrected chi connectivity index (χ3v) is 3.66. The number of hydrogen-bond donors (Lipinski definition) is 1. The molecule has 1 amide bonds. The highest BCUT2D eigenvalue weighted by Gasteiger charge is 2.14. The topological polar surface area (TPSA) is 41.5 Å². The molecular weight excluding hydrogens is 260 g/mol. The lowest BCUT2D eigenvalue weighted by molar-refractivity contribution is -0.120. The van der Waals surface area contributed by atoms with Crippen molar-refractivity contribution in [3.05, 3.63) is 48.0 Å². The Kier molecular flexibility index (Phi) is 4.41. The van der Waals surface area contributed by atoms with Crippen molar-refractivity contribution < 1.29 is 4.79 Å². The second-order valence-corrected chi connectivity index (χ2v) is 6.30. The molecule has 0 fully saturated rings. The van der Waals surface area contributed by atoms with Crippen molar-refractivity contribution in [1.82, 2.24) is 5.43 Å². The Morgan fingerprint density at radius 1 is 1.10 bits per heavy atom. The van der Waals surface area contributed by atoms with Crippen molar-refractivity contribution in [2.75, 3.05) is 0 Å². The molecule has 2 aromatic rings. The Balaban J connectivity index is 2.12. The molecule has 0 unspecified atom stereocenters. The van der Waals surface area contributed by atoms with Gasteiger partial charge in [0, 0.05) is 11.1 Å². The van der Waals surface area contributed by atoms with E-state index in [1.165, 1.54) is 0 Å². The lowest BCUT2D eigenvalue weighted by atomic mass is 9.91. The van der Waals surface area contributed by atoms with Crippen LogP contribution in [0.2, 0.25) is 0 Å². The van der Waals surface area contributed by atoms with E-state index in [4.69, 9.17) is 0 Å². The molecule has 3 heteroatoms. The molecule has 0 aliphatic rings. The Hall–Kier alpha value is -2.16. The van der Waals surface area contributed by atoms with E-state index in [1.54, 1.807) is 0 Å². The minimum Gasteiger partial charge on any atom is -0.273 e. The molecule has 3 nitrogen and oxygen atoms in total. The van der Waals surface area contributed by atoms with Crippen LogP contribution in [0.5, 0.6) is 0 Å². The van der Waals surface area contributed by atoms with Gasteiger partial charge in [-0.15, -0.1) is 0 Å². The summed E-state index contributed by atoms with van der Waals surface area (Å²) in [4.78, 5) is 12.1. The second-order valence-electron chi connectivity index (χ2n) is 6.30. The molecule has 0 aliphatic carbocycles. The third-order valence-electron chi connectivity index (χ3n) is 3.66. The number of nitrogens with one attached hydrogen (secondary N) is 1. The summed E-state index contributed by atoms with van der Waals surface area (Å²) in [6, 6.07) is 14.1. The number of benzene rings is 2. The average molecular weight is 282 g/mol. The number of rotatable bonds is 3. The monoisotopic (exact) mass is 282 g/mol. The smallest absolute Gasteiger partial charge is 0.244 e. The number of carbonyl (C=O) groups is 1. The van der Waals surface area contributed by atoms with Crippen LogP contribution in [0.4, 0.5) is 0 Å². The van der Waals surface area contributed by atoms with E-state index in [9.17, 15) is 4.79 Å². The van der Waals surface area contributed by atoms with Crippen LogP contribution in [0.25, 0.3) is 10.8 Å². The van der Waals surface area contributed by atoms with E-state index in [1.807, 2.05) is 37.3 Å². The first-order valence-electron chi connectivity index (χ1n) is 7.18. The van der Waals surface area contributed by atoms with E-state index in [0.717, 1.165) is 22.0 Å². The molecule has 0 aliphatic heterocycles. The van der Waals surface area contributed by atoms with Crippen LogP contribution in [-0.4, -0.2) is 11.6 Å². The van der Waals surface area contributed by atoms with Crippen LogP contribution in [0.3, 0.4) is 0 Å². The van der Waals surface area contributed by atoms with Gasteiger partial charge in [-0.2, -0.15) is 5.10 Å². The minimum absolute atomic E-state index is 0.0350. The third kappa shape index (κ3) is 3.91. The fourth-order valence-corrected chi connectivity index (χ4v) is 1.97. The van der Waals surface area contributed by atoms with Gasteiger partial charge in [0.2, 0.25) is 5.91 Å². The Morgan fingerprint density at radius 3 is 2.48 bits per heavy atom. The molecule has 0 radical (unpaired) electrons. The highest BCUT2D eigenvalue weighted by atomic mass is 16.2. The van der Waals surface area contributed by atoms with E-state index in [0.29, 0.717) is 6.42 Å². The van der Waals surface area contributed by atoms with Crippen LogP contribution in [0, 0.1) is 5.41 Å². The summed E-state index contributed by atoms with van der Waals surface area (Å²) in [6.45, 7) is 8.15. The van der Waals surface area contributed by atoms with Gasteiger partial charge >= 0.3 is 0 Å². The van der Waals surface area contributed by atoms with E-state index < -0.39 is 0 Å². The number of carbonyl (C=O) groups excluding carboxylic acids is 1. The first-order chi connectivity index (χ1) is 9.88. The van der Waals surface area contributed by atoms with Gasteiger partial charge in [0.05, 0.1) is 6.42 Å². The van der Waals surface area contributed by atoms with Crippen LogP contribution in [0.15, 0.2) is 47.6 Å².